The van der Waals surface area contributed by atoms with Crippen molar-refractivity contribution in [3.63, 3.8) is 0 Å². The van der Waals surface area contributed by atoms with Crippen LogP contribution in [0.3, 0.4) is 0 Å². The van der Waals surface area contributed by atoms with Crippen molar-refractivity contribution in [2.45, 2.75) is 23.8 Å². The molecule has 6 nitrogen and oxygen atoms in total. The third-order valence-electron chi connectivity index (χ3n) is 2.98. The van der Waals surface area contributed by atoms with Crippen molar-refractivity contribution < 1.29 is 23.1 Å². The predicted molar refractivity (Wildman–Crippen MR) is 72.6 cm³/mol. The molecule has 1 aromatic carbocycles. The maximum absolute atomic E-state index is 12.5. The molecule has 8 heteroatoms. The lowest BCUT2D eigenvalue weighted by Gasteiger charge is -2.20. The highest BCUT2D eigenvalue weighted by Crippen LogP contribution is 2.34. The fourth-order valence-electron chi connectivity index (χ4n) is 1.85. The minimum Gasteiger partial charge on any atom is -0.495 e. The topological polar surface area (TPSA) is 83.9 Å². The summed E-state index contributed by atoms with van der Waals surface area (Å²) < 4.78 is 30.9. The van der Waals surface area contributed by atoms with E-state index in [1.807, 2.05) is 0 Å². The first-order valence-electron chi connectivity index (χ1n) is 5.93. The second-order valence-corrected chi connectivity index (χ2v) is 6.77. The van der Waals surface area contributed by atoms with E-state index >= 15 is 0 Å². The van der Waals surface area contributed by atoms with Crippen molar-refractivity contribution in [2.75, 3.05) is 13.7 Å². The highest BCUT2D eigenvalue weighted by Gasteiger charge is 2.39. The highest BCUT2D eigenvalue weighted by atomic mass is 35.5. The van der Waals surface area contributed by atoms with E-state index in [-0.39, 0.29) is 16.0 Å². The summed E-state index contributed by atoms with van der Waals surface area (Å²) in [5.41, 5.74) is 0. The Bertz CT molecular complexity index is 627. The summed E-state index contributed by atoms with van der Waals surface area (Å²) in [6, 6.07) is 3.84. The van der Waals surface area contributed by atoms with Gasteiger partial charge in [-0.15, -0.1) is 0 Å². The van der Waals surface area contributed by atoms with Crippen LogP contribution in [-0.4, -0.2) is 43.5 Å². The molecule has 1 aromatic rings. The second-order valence-electron chi connectivity index (χ2n) is 4.47. The van der Waals surface area contributed by atoms with Crippen LogP contribution in [0.4, 0.5) is 0 Å². The summed E-state index contributed by atoms with van der Waals surface area (Å²) in [5.74, 6) is -0.818. The van der Waals surface area contributed by atoms with Gasteiger partial charge in [0.05, 0.1) is 17.0 Å². The van der Waals surface area contributed by atoms with Gasteiger partial charge in [-0.3, -0.25) is 4.79 Å². The molecule has 1 saturated carbocycles. The lowest BCUT2D eigenvalue weighted by atomic mass is 10.3. The third kappa shape index (κ3) is 3.05. The van der Waals surface area contributed by atoms with Crippen molar-refractivity contribution in [2.24, 2.45) is 0 Å². The molecular formula is C12H14ClNO5S. The minimum atomic E-state index is -3.87. The van der Waals surface area contributed by atoms with Gasteiger partial charge in [-0.25, -0.2) is 8.42 Å². The molecule has 110 valence electrons. The molecule has 0 bridgehead atoms. The van der Waals surface area contributed by atoms with Gasteiger partial charge in [-0.2, -0.15) is 4.31 Å². The van der Waals surface area contributed by atoms with Gasteiger partial charge in [-0.05, 0) is 31.0 Å². The van der Waals surface area contributed by atoms with Crippen LogP contribution in [0.15, 0.2) is 23.1 Å². The van der Waals surface area contributed by atoms with E-state index in [0.717, 1.165) is 4.31 Å². The fraction of sp³-hybridized carbons (Fsp3) is 0.417. The van der Waals surface area contributed by atoms with E-state index in [1.165, 1.54) is 25.3 Å². The van der Waals surface area contributed by atoms with Gasteiger partial charge in [0.2, 0.25) is 10.0 Å². The lowest BCUT2D eigenvalue weighted by Crippen LogP contribution is -2.37. The SMILES string of the molecule is COc1ccc(S(=O)(=O)N(CC(=O)O)C2CC2)cc1Cl. The zero-order valence-electron chi connectivity index (χ0n) is 10.7. The minimum absolute atomic E-state index is 0.0311. The summed E-state index contributed by atoms with van der Waals surface area (Å²) in [4.78, 5) is 10.8. The van der Waals surface area contributed by atoms with Gasteiger partial charge in [0.1, 0.15) is 12.3 Å². The monoisotopic (exact) mass is 319 g/mol. The summed E-state index contributed by atoms with van der Waals surface area (Å²) >= 11 is 5.92. The van der Waals surface area contributed by atoms with Crippen LogP contribution >= 0.6 is 11.6 Å². The molecule has 0 aromatic heterocycles. The van der Waals surface area contributed by atoms with Gasteiger partial charge in [0.15, 0.2) is 0 Å². The number of sulfonamides is 1. The van der Waals surface area contributed by atoms with Crippen LogP contribution in [0.1, 0.15) is 12.8 Å². The smallest absolute Gasteiger partial charge is 0.318 e. The average Bonchev–Trinajstić information content (AvgIpc) is 3.19. The summed E-state index contributed by atoms with van der Waals surface area (Å²) in [5, 5.41) is 9.02. The Hall–Kier alpha value is -1.31. The molecule has 0 heterocycles. The molecular weight excluding hydrogens is 306 g/mol. The molecule has 0 amide bonds. The van der Waals surface area contributed by atoms with Crippen LogP contribution in [0.2, 0.25) is 5.02 Å². The zero-order chi connectivity index (χ0) is 14.9. The number of ether oxygens (including phenoxy) is 1. The van der Waals surface area contributed by atoms with Gasteiger partial charge < -0.3 is 9.84 Å². The van der Waals surface area contributed by atoms with E-state index in [4.69, 9.17) is 21.4 Å². The Labute approximate surface area is 122 Å². The normalized spacial score (nSPS) is 15.3. The van der Waals surface area contributed by atoms with Crippen LogP contribution in [0.25, 0.3) is 0 Å². The number of hydrogen-bond donors (Lipinski definition) is 1. The Kier molecular flexibility index (Phi) is 4.22. The number of rotatable bonds is 6. The van der Waals surface area contributed by atoms with Gasteiger partial charge in [0.25, 0.3) is 0 Å². The summed E-state index contributed by atoms with van der Waals surface area (Å²) in [7, 11) is -2.44. The predicted octanol–water partition coefficient (Wildman–Crippen LogP) is 1.59. The standard InChI is InChI=1S/C12H14ClNO5S/c1-19-11-5-4-9(6-10(11)13)20(17,18)14(7-12(15)16)8-2-3-8/h4-6,8H,2-3,7H2,1H3,(H,15,16). The van der Waals surface area contributed by atoms with Crippen molar-refractivity contribution in [1.82, 2.24) is 4.31 Å². The molecule has 1 aliphatic rings. The lowest BCUT2D eigenvalue weighted by molar-refractivity contribution is -0.137. The van der Waals surface area contributed by atoms with E-state index in [1.54, 1.807) is 0 Å². The maximum Gasteiger partial charge on any atom is 0.318 e. The zero-order valence-corrected chi connectivity index (χ0v) is 12.3. The molecule has 0 spiro atoms. The number of halogens is 1. The fourth-order valence-corrected chi connectivity index (χ4v) is 3.83. The van der Waals surface area contributed by atoms with Crippen molar-refractivity contribution in [3.8, 4) is 5.75 Å². The first-order valence-corrected chi connectivity index (χ1v) is 7.75. The number of carboxylic acid groups (broad SMARTS) is 1. The van der Waals surface area contributed by atoms with Crippen LogP contribution < -0.4 is 4.74 Å². The summed E-state index contributed by atoms with van der Waals surface area (Å²) in [6.07, 6.45) is 1.35. The number of hydrogen-bond acceptors (Lipinski definition) is 4. The van der Waals surface area contributed by atoms with Crippen LogP contribution in [0, 0.1) is 0 Å². The number of methoxy groups -OCH3 is 1. The van der Waals surface area contributed by atoms with Crippen LogP contribution in [-0.2, 0) is 14.8 Å². The molecule has 1 N–H and O–H groups in total. The third-order valence-corrected chi connectivity index (χ3v) is 5.16. The quantitative estimate of drug-likeness (QED) is 0.860. The van der Waals surface area contributed by atoms with Crippen molar-refractivity contribution in [3.05, 3.63) is 23.2 Å². The molecule has 0 aliphatic heterocycles. The van der Waals surface area contributed by atoms with E-state index in [0.29, 0.717) is 18.6 Å². The Morgan fingerprint density at radius 2 is 2.15 bits per heavy atom. The second kappa shape index (κ2) is 5.59. The van der Waals surface area contributed by atoms with Gasteiger partial charge in [0, 0.05) is 6.04 Å². The summed E-state index contributed by atoms with van der Waals surface area (Å²) in [6.45, 7) is -0.545. The molecule has 2 rings (SSSR count). The number of benzene rings is 1. The first kappa shape index (κ1) is 15.1. The maximum atomic E-state index is 12.5. The average molecular weight is 320 g/mol. The number of nitrogens with zero attached hydrogens (tertiary/aromatic N) is 1. The molecule has 1 aliphatic carbocycles. The Morgan fingerprint density at radius 3 is 2.60 bits per heavy atom. The van der Waals surface area contributed by atoms with Gasteiger partial charge >= 0.3 is 5.97 Å². The van der Waals surface area contributed by atoms with Gasteiger partial charge in [-0.1, -0.05) is 11.6 Å². The van der Waals surface area contributed by atoms with Crippen LogP contribution in [0.5, 0.6) is 5.75 Å². The first-order chi connectivity index (χ1) is 9.36. The molecule has 0 atom stereocenters. The molecule has 0 unspecified atom stereocenters. The molecule has 0 saturated heterocycles. The Balaban J connectivity index is 2.37. The van der Waals surface area contributed by atoms with E-state index < -0.39 is 22.5 Å². The number of carbonyl (C=O) groups is 1. The molecule has 0 radical (unpaired) electrons. The molecule has 20 heavy (non-hydrogen) atoms. The van der Waals surface area contributed by atoms with E-state index in [9.17, 15) is 13.2 Å². The molecule has 1 fully saturated rings. The number of carboxylic acids is 1. The van der Waals surface area contributed by atoms with Crippen molar-refractivity contribution >= 4 is 27.6 Å². The van der Waals surface area contributed by atoms with E-state index in [2.05, 4.69) is 0 Å². The number of aliphatic carboxylic acids is 1. The largest absolute Gasteiger partial charge is 0.495 e. The Morgan fingerprint density at radius 1 is 1.50 bits per heavy atom. The van der Waals surface area contributed by atoms with Crippen molar-refractivity contribution in [1.29, 1.82) is 0 Å². The highest BCUT2D eigenvalue weighted by molar-refractivity contribution is 7.89.